The first-order valence-corrected chi connectivity index (χ1v) is 4.79. The topological polar surface area (TPSA) is 35.2 Å². The molecule has 1 aliphatic carbocycles. The second kappa shape index (κ2) is 3.00. The lowest BCUT2D eigenvalue weighted by Gasteiger charge is -2.36. The molecule has 1 aliphatic rings. The van der Waals surface area contributed by atoms with Crippen LogP contribution in [-0.4, -0.2) is 18.8 Å². The minimum absolute atomic E-state index is 0.0936. The molecule has 0 spiro atoms. The number of methoxy groups -OCH3 is 1. The highest BCUT2D eigenvalue weighted by Crippen LogP contribution is 2.57. The van der Waals surface area contributed by atoms with Crippen molar-refractivity contribution in [1.29, 1.82) is 0 Å². The van der Waals surface area contributed by atoms with Crippen LogP contribution in [0.1, 0.15) is 40.0 Å². The molecule has 0 heterocycles. The van der Waals surface area contributed by atoms with Crippen LogP contribution in [0.15, 0.2) is 0 Å². The lowest BCUT2D eigenvalue weighted by Crippen LogP contribution is -2.49. The van der Waals surface area contributed by atoms with Crippen LogP contribution in [0.5, 0.6) is 0 Å². The van der Waals surface area contributed by atoms with Crippen LogP contribution in [0.2, 0.25) is 0 Å². The van der Waals surface area contributed by atoms with Crippen molar-refractivity contribution in [2.45, 2.75) is 51.7 Å². The van der Waals surface area contributed by atoms with E-state index in [2.05, 4.69) is 20.8 Å². The quantitative estimate of drug-likeness (QED) is 0.701. The summed E-state index contributed by atoms with van der Waals surface area (Å²) >= 11 is 0. The number of hydrogen-bond acceptors (Lipinski definition) is 2. The fourth-order valence-electron chi connectivity index (χ4n) is 2.30. The summed E-state index contributed by atoms with van der Waals surface area (Å²) in [6.07, 6.45) is 3.86. The van der Waals surface area contributed by atoms with Crippen molar-refractivity contribution < 1.29 is 4.74 Å². The Hall–Kier alpha value is -0.0800. The zero-order valence-corrected chi connectivity index (χ0v) is 8.68. The van der Waals surface area contributed by atoms with E-state index in [1.165, 1.54) is 12.8 Å². The van der Waals surface area contributed by atoms with Gasteiger partial charge in [-0.25, -0.2) is 0 Å². The van der Waals surface area contributed by atoms with E-state index >= 15 is 0 Å². The molecule has 0 bridgehead atoms. The molecule has 1 unspecified atom stereocenters. The highest BCUT2D eigenvalue weighted by atomic mass is 16.5. The predicted molar refractivity (Wildman–Crippen MR) is 51.0 cm³/mol. The van der Waals surface area contributed by atoms with E-state index in [0.717, 1.165) is 6.42 Å². The summed E-state index contributed by atoms with van der Waals surface area (Å²) in [7, 11) is 1.79. The first-order valence-electron chi connectivity index (χ1n) is 4.79. The van der Waals surface area contributed by atoms with Crippen molar-refractivity contribution in [3.63, 3.8) is 0 Å². The Morgan fingerprint density at radius 2 is 2.00 bits per heavy atom. The first-order chi connectivity index (χ1) is 5.48. The van der Waals surface area contributed by atoms with Gasteiger partial charge in [0.25, 0.3) is 0 Å². The Labute approximate surface area is 75.5 Å². The summed E-state index contributed by atoms with van der Waals surface area (Å²) < 4.78 is 5.47. The molecule has 2 nitrogen and oxygen atoms in total. The maximum absolute atomic E-state index is 6.15. The molecule has 1 saturated carbocycles. The average Bonchev–Trinajstić information content (AvgIpc) is 2.69. The van der Waals surface area contributed by atoms with Crippen LogP contribution >= 0.6 is 0 Å². The van der Waals surface area contributed by atoms with Gasteiger partial charge in [0.2, 0.25) is 0 Å². The van der Waals surface area contributed by atoms with Crippen molar-refractivity contribution in [3.8, 4) is 0 Å². The third-order valence-corrected chi connectivity index (χ3v) is 3.34. The fraction of sp³-hybridized carbons (Fsp3) is 1.00. The third kappa shape index (κ3) is 1.38. The van der Waals surface area contributed by atoms with E-state index in [1.807, 2.05) is 0 Å². The number of hydrogen-bond donors (Lipinski definition) is 1. The molecule has 2 N–H and O–H groups in total. The monoisotopic (exact) mass is 171 g/mol. The molecule has 0 aromatic rings. The van der Waals surface area contributed by atoms with Crippen LogP contribution < -0.4 is 5.73 Å². The Balaban J connectivity index is 2.71. The van der Waals surface area contributed by atoms with Crippen molar-refractivity contribution in [2.75, 3.05) is 7.11 Å². The van der Waals surface area contributed by atoms with Crippen molar-refractivity contribution in [3.05, 3.63) is 0 Å². The molecule has 0 saturated heterocycles. The average molecular weight is 171 g/mol. The Morgan fingerprint density at radius 3 is 2.08 bits per heavy atom. The fourth-order valence-corrected chi connectivity index (χ4v) is 2.30. The minimum Gasteiger partial charge on any atom is -0.381 e. The Kier molecular flexibility index (Phi) is 2.50. The lowest BCUT2D eigenvalue weighted by molar-refractivity contribution is 0.00744. The molecule has 0 aromatic heterocycles. The van der Waals surface area contributed by atoms with E-state index < -0.39 is 0 Å². The predicted octanol–water partition coefficient (Wildman–Crippen LogP) is 1.93. The van der Waals surface area contributed by atoms with Gasteiger partial charge in [0.15, 0.2) is 0 Å². The van der Waals surface area contributed by atoms with Gasteiger partial charge in [0.05, 0.1) is 6.10 Å². The summed E-state index contributed by atoms with van der Waals surface area (Å²) in [6.45, 7) is 6.39. The summed E-state index contributed by atoms with van der Waals surface area (Å²) in [6, 6.07) is 0. The van der Waals surface area contributed by atoms with Gasteiger partial charge >= 0.3 is 0 Å². The number of ether oxygens (including phenoxy) is 1. The van der Waals surface area contributed by atoms with Crippen LogP contribution in [0, 0.1) is 5.41 Å². The largest absolute Gasteiger partial charge is 0.381 e. The molecule has 0 aromatic carbocycles. The molecule has 12 heavy (non-hydrogen) atoms. The van der Waals surface area contributed by atoms with E-state index in [4.69, 9.17) is 10.5 Å². The normalized spacial score (nSPS) is 23.8. The standard InChI is InChI=1S/C10H21NO/c1-5-8(12-4)10(6-7-10)9(2,3)11/h8H,5-7,11H2,1-4H3. The molecular formula is C10H21NO. The second-order valence-corrected chi connectivity index (χ2v) is 4.51. The Morgan fingerprint density at radius 1 is 1.50 bits per heavy atom. The highest BCUT2D eigenvalue weighted by molar-refractivity contribution is 5.10. The molecule has 72 valence electrons. The smallest absolute Gasteiger partial charge is 0.0642 e. The summed E-state index contributed by atoms with van der Waals surface area (Å²) in [5.74, 6) is 0. The molecular weight excluding hydrogens is 150 g/mol. The molecule has 1 fully saturated rings. The van der Waals surface area contributed by atoms with E-state index in [9.17, 15) is 0 Å². The third-order valence-electron chi connectivity index (χ3n) is 3.34. The van der Waals surface area contributed by atoms with Gasteiger partial charge in [0.1, 0.15) is 0 Å². The summed E-state index contributed by atoms with van der Waals surface area (Å²) in [5.41, 5.74) is 6.31. The summed E-state index contributed by atoms with van der Waals surface area (Å²) in [5, 5.41) is 0. The maximum atomic E-state index is 6.15. The van der Waals surface area contributed by atoms with Crippen LogP contribution in [0.25, 0.3) is 0 Å². The van der Waals surface area contributed by atoms with Gasteiger partial charge in [-0.3, -0.25) is 0 Å². The molecule has 0 amide bonds. The second-order valence-electron chi connectivity index (χ2n) is 4.51. The van der Waals surface area contributed by atoms with Crippen molar-refractivity contribution >= 4 is 0 Å². The van der Waals surface area contributed by atoms with Crippen molar-refractivity contribution in [2.24, 2.45) is 11.1 Å². The highest BCUT2D eigenvalue weighted by Gasteiger charge is 2.57. The first kappa shape index (κ1) is 10.0. The SMILES string of the molecule is CCC(OC)C1(C(C)(C)N)CC1. The zero-order valence-electron chi connectivity index (χ0n) is 8.68. The molecule has 0 radical (unpaired) electrons. The van der Waals surface area contributed by atoms with Gasteiger partial charge in [-0.1, -0.05) is 6.92 Å². The zero-order chi connectivity index (χ0) is 9.41. The van der Waals surface area contributed by atoms with Crippen molar-refractivity contribution in [1.82, 2.24) is 0 Å². The van der Waals surface area contributed by atoms with Gasteiger partial charge < -0.3 is 10.5 Å². The van der Waals surface area contributed by atoms with Crippen LogP contribution in [0.4, 0.5) is 0 Å². The number of nitrogens with two attached hydrogens (primary N) is 1. The van der Waals surface area contributed by atoms with Gasteiger partial charge in [-0.2, -0.15) is 0 Å². The van der Waals surface area contributed by atoms with E-state index in [0.29, 0.717) is 6.10 Å². The van der Waals surface area contributed by atoms with Gasteiger partial charge in [0, 0.05) is 18.1 Å². The van der Waals surface area contributed by atoms with Gasteiger partial charge in [-0.05, 0) is 33.1 Å². The lowest BCUT2D eigenvalue weighted by atomic mass is 9.79. The van der Waals surface area contributed by atoms with Crippen LogP contribution in [-0.2, 0) is 4.74 Å². The van der Waals surface area contributed by atoms with E-state index in [-0.39, 0.29) is 11.0 Å². The molecule has 1 atom stereocenters. The molecule has 1 rings (SSSR count). The minimum atomic E-state index is -0.0936. The summed E-state index contributed by atoms with van der Waals surface area (Å²) in [4.78, 5) is 0. The molecule has 2 heteroatoms. The number of rotatable bonds is 4. The van der Waals surface area contributed by atoms with Gasteiger partial charge in [-0.15, -0.1) is 0 Å². The Bertz CT molecular complexity index is 152. The molecule has 0 aliphatic heterocycles. The maximum Gasteiger partial charge on any atom is 0.0642 e. The van der Waals surface area contributed by atoms with E-state index in [1.54, 1.807) is 7.11 Å². The van der Waals surface area contributed by atoms with Crippen LogP contribution in [0.3, 0.4) is 0 Å².